The Bertz CT molecular complexity index is 198. The number of halogens is 1. The van der Waals surface area contributed by atoms with Crippen LogP contribution in [0, 0.1) is 6.92 Å². The molecule has 0 aliphatic carbocycles. The lowest BCUT2D eigenvalue weighted by molar-refractivity contribution is 0.0178. The van der Waals surface area contributed by atoms with Crippen molar-refractivity contribution in [1.82, 2.24) is 0 Å². The van der Waals surface area contributed by atoms with Crippen molar-refractivity contribution in [3.05, 3.63) is 42.8 Å². The summed E-state index contributed by atoms with van der Waals surface area (Å²) in [5.41, 5.74) is 0.894. The molecule has 0 spiro atoms. The van der Waals surface area contributed by atoms with Gasteiger partial charge in [-0.05, 0) is 12.5 Å². The van der Waals surface area contributed by atoms with Gasteiger partial charge in [-0.25, -0.2) is 4.39 Å². The van der Waals surface area contributed by atoms with Crippen LogP contribution in [-0.4, -0.2) is 6.86 Å². The van der Waals surface area contributed by atoms with Crippen molar-refractivity contribution in [2.24, 2.45) is 0 Å². The smallest absolute Gasteiger partial charge is 0.189 e. The van der Waals surface area contributed by atoms with Gasteiger partial charge in [-0.1, -0.05) is 30.3 Å². The van der Waals surface area contributed by atoms with Gasteiger partial charge in [0, 0.05) is 0 Å². The van der Waals surface area contributed by atoms with E-state index in [1.807, 2.05) is 30.3 Å². The Hall–Kier alpha value is -0.890. The SMILES string of the molecule is [CH2]C(OCF)c1ccccc1. The number of benzene rings is 1. The van der Waals surface area contributed by atoms with Crippen LogP contribution < -0.4 is 0 Å². The normalized spacial score (nSPS) is 12.9. The first-order valence-corrected chi connectivity index (χ1v) is 3.40. The van der Waals surface area contributed by atoms with Gasteiger partial charge in [0.25, 0.3) is 0 Å². The third-order valence-electron chi connectivity index (χ3n) is 1.44. The second-order valence-corrected chi connectivity index (χ2v) is 2.18. The van der Waals surface area contributed by atoms with Gasteiger partial charge in [-0.3, -0.25) is 0 Å². The monoisotopic (exact) mass is 153 g/mol. The third-order valence-corrected chi connectivity index (χ3v) is 1.44. The molecule has 1 atom stereocenters. The Morgan fingerprint density at radius 1 is 1.36 bits per heavy atom. The van der Waals surface area contributed by atoms with E-state index in [2.05, 4.69) is 11.7 Å². The fourth-order valence-electron chi connectivity index (χ4n) is 0.840. The highest BCUT2D eigenvalue weighted by molar-refractivity contribution is 5.18. The van der Waals surface area contributed by atoms with Crippen LogP contribution in [0.3, 0.4) is 0 Å². The number of hydrogen-bond acceptors (Lipinski definition) is 1. The second kappa shape index (κ2) is 4.09. The molecule has 0 aromatic heterocycles. The molecule has 59 valence electrons. The number of rotatable bonds is 3. The summed E-state index contributed by atoms with van der Waals surface area (Å²) in [6, 6.07) is 9.34. The quantitative estimate of drug-likeness (QED) is 0.648. The highest BCUT2D eigenvalue weighted by Crippen LogP contribution is 2.14. The lowest BCUT2D eigenvalue weighted by atomic mass is 10.1. The van der Waals surface area contributed by atoms with E-state index >= 15 is 0 Å². The van der Waals surface area contributed by atoms with Gasteiger partial charge in [0.15, 0.2) is 6.86 Å². The molecular weight excluding hydrogens is 143 g/mol. The minimum absolute atomic E-state index is 0.402. The van der Waals surface area contributed by atoms with Crippen molar-refractivity contribution >= 4 is 0 Å². The summed E-state index contributed by atoms with van der Waals surface area (Å²) < 4.78 is 16.3. The highest BCUT2D eigenvalue weighted by Gasteiger charge is 2.02. The molecule has 0 N–H and O–H groups in total. The fraction of sp³-hybridized carbons (Fsp3) is 0.222. The Morgan fingerprint density at radius 3 is 2.55 bits per heavy atom. The zero-order valence-electron chi connectivity index (χ0n) is 6.16. The number of hydrogen-bond donors (Lipinski definition) is 0. The molecule has 1 unspecified atom stereocenters. The Labute approximate surface area is 65.8 Å². The standard InChI is InChI=1S/C9H10FO/c1-8(11-7-10)9-5-3-2-4-6-9/h2-6,8H,1,7H2. The summed E-state index contributed by atoms with van der Waals surface area (Å²) in [6.07, 6.45) is -0.402. The lowest BCUT2D eigenvalue weighted by Crippen LogP contribution is -1.98. The molecule has 11 heavy (non-hydrogen) atoms. The summed E-state index contributed by atoms with van der Waals surface area (Å²) >= 11 is 0. The number of ether oxygens (including phenoxy) is 1. The summed E-state index contributed by atoms with van der Waals surface area (Å²) in [7, 11) is 0. The van der Waals surface area contributed by atoms with E-state index < -0.39 is 13.0 Å². The highest BCUT2D eigenvalue weighted by atomic mass is 19.1. The van der Waals surface area contributed by atoms with Gasteiger partial charge < -0.3 is 4.74 Å². The number of alkyl halides is 1. The molecule has 0 aliphatic heterocycles. The van der Waals surface area contributed by atoms with Crippen LogP contribution in [0.4, 0.5) is 4.39 Å². The first-order valence-electron chi connectivity index (χ1n) is 3.40. The molecule has 1 nitrogen and oxygen atoms in total. The van der Waals surface area contributed by atoms with Crippen molar-refractivity contribution in [3.63, 3.8) is 0 Å². The van der Waals surface area contributed by atoms with E-state index in [0.29, 0.717) is 0 Å². The zero-order valence-corrected chi connectivity index (χ0v) is 6.16. The van der Waals surface area contributed by atoms with Crippen LogP contribution in [0.2, 0.25) is 0 Å². The van der Waals surface area contributed by atoms with E-state index in [1.165, 1.54) is 0 Å². The first kappa shape index (κ1) is 8.21. The van der Waals surface area contributed by atoms with Gasteiger partial charge in [-0.2, -0.15) is 0 Å². The van der Waals surface area contributed by atoms with E-state index in [9.17, 15) is 4.39 Å². The molecule has 0 amide bonds. The lowest BCUT2D eigenvalue weighted by Gasteiger charge is -2.08. The predicted octanol–water partition coefficient (Wildman–Crippen LogP) is 2.51. The molecule has 1 aromatic carbocycles. The Morgan fingerprint density at radius 2 is 2.00 bits per heavy atom. The van der Waals surface area contributed by atoms with Crippen molar-refractivity contribution in [2.75, 3.05) is 6.86 Å². The van der Waals surface area contributed by atoms with Gasteiger partial charge in [-0.15, -0.1) is 0 Å². The van der Waals surface area contributed by atoms with Crippen LogP contribution in [0.1, 0.15) is 11.7 Å². The van der Waals surface area contributed by atoms with Crippen LogP contribution in [0.15, 0.2) is 30.3 Å². The van der Waals surface area contributed by atoms with Crippen molar-refractivity contribution in [3.8, 4) is 0 Å². The van der Waals surface area contributed by atoms with Gasteiger partial charge >= 0.3 is 0 Å². The maximum Gasteiger partial charge on any atom is 0.189 e. The van der Waals surface area contributed by atoms with E-state index in [4.69, 9.17) is 0 Å². The van der Waals surface area contributed by atoms with Gasteiger partial charge in [0.05, 0.1) is 6.10 Å². The molecule has 1 rings (SSSR count). The fourth-order valence-corrected chi connectivity index (χ4v) is 0.840. The van der Waals surface area contributed by atoms with Crippen LogP contribution in [0.5, 0.6) is 0 Å². The van der Waals surface area contributed by atoms with Crippen molar-refractivity contribution in [1.29, 1.82) is 0 Å². The molecule has 0 aliphatic rings. The zero-order chi connectivity index (χ0) is 8.10. The van der Waals surface area contributed by atoms with E-state index in [0.717, 1.165) is 5.56 Å². The van der Waals surface area contributed by atoms with E-state index in [1.54, 1.807) is 0 Å². The molecule has 0 fully saturated rings. The third kappa shape index (κ3) is 2.31. The van der Waals surface area contributed by atoms with E-state index in [-0.39, 0.29) is 0 Å². The van der Waals surface area contributed by atoms with Crippen molar-refractivity contribution in [2.45, 2.75) is 6.10 Å². The summed E-state index contributed by atoms with van der Waals surface area (Å²) in [4.78, 5) is 0. The summed E-state index contributed by atoms with van der Waals surface area (Å²) in [5.74, 6) is 0. The molecule has 0 heterocycles. The Balaban J connectivity index is 2.61. The maximum atomic E-state index is 11.7. The van der Waals surface area contributed by atoms with Crippen molar-refractivity contribution < 1.29 is 9.13 Å². The average molecular weight is 153 g/mol. The Kier molecular flexibility index (Phi) is 3.05. The average Bonchev–Trinajstić information content (AvgIpc) is 2.07. The minimum Gasteiger partial charge on any atom is -0.342 e. The van der Waals surface area contributed by atoms with Crippen LogP contribution in [0.25, 0.3) is 0 Å². The molecule has 1 radical (unpaired) electrons. The summed E-state index contributed by atoms with van der Waals surface area (Å²) in [6.45, 7) is 2.85. The predicted molar refractivity (Wildman–Crippen MR) is 41.6 cm³/mol. The molecule has 0 saturated heterocycles. The molecule has 2 heteroatoms. The largest absolute Gasteiger partial charge is 0.342 e. The molecule has 1 aromatic rings. The van der Waals surface area contributed by atoms with Crippen LogP contribution >= 0.6 is 0 Å². The second-order valence-electron chi connectivity index (χ2n) is 2.18. The first-order chi connectivity index (χ1) is 5.34. The summed E-state index contributed by atoms with van der Waals surface area (Å²) in [5, 5.41) is 0. The molecule has 0 bridgehead atoms. The molecular formula is C9H10FO. The van der Waals surface area contributed by atoms with Gasteiger partial charge in [0.2, 0.25) is 0 Å². The van der Waals surface area contributed by atoms with Crippen LogP contribution in [-0.2, 0) is 4.74 Å². The minimum atomic E-state index is -0.789. The van der Waals surface area contributed by atoms with Gasteiger partial charge in [0.1, 0.15) is 0 Å². The maximum absolute atomic E-state index is 11.7. The molecule has 0 saturated carbocycles. The topological polar surface area (TPSA) is 9.23 Å².